The molecule has 2 rings (SSSR count). The van der Waals surface area contributed by atoms with E-state index in [0.717, 1.165) is 52.2 Å². The predicted octanol–water partition coefficient (Wildman–Crippen LogP) is -0.256. The zero-order valence-electron chi connectivity index (χ0n) is 14.8. The summed E-state index contributed by atoms with van der Waals surface area (Å²) < 4.78 is 0. The Morgan fingerprint density at radius 2 is 1.83 bits per heavy atom. The molecule has 0 saturated carbocycles. The first-order valence-corrected chi connectivity index (χ1v) is 8.59. The maximum absolute atomic E-state index is 12.3. The summed E-state index contributed by atoms with van der Waals surface area (Å²) in [7, 11) is 5.51. The second-order valence-electron chi connectivity index (χ2n) is 7.01. The zero-order chi connectivity index (χ0) is 16.8. The third-order valence-corrected chi connectivity index (χ3v) is 4.78. The van der Waals surface area contributed by atoms with Gasteiger partial charge in [-0.1, -0.05) is 0 Å². The maximum Gasteiger partial charge on any atom is 0.317 e. The van der Waals surface area contributed by atoms with Crippen LogP contribution in [-0.2, 0) is 4.79 Å². The number of hydrogen-bond donors (Lipinski definition) is 1. The summed E-state index contributed by atoms with van der Waals surface area (Å²) in [5.41, 5.74) is 0. The number of likely N-dealkylation sites (N-methyl/N-ethyl adjacent to an activating group) is 1. The standard InChI is InChI=1S/C16H31N5O2/c1-18(2)16(23)17-11-15(22)21-6-4-5-14(13-21)12-20-9-7-19(3)8-10-20/h14H,4-13H2,1-3H3,(H,17,23). The van der Waals surface area contributed by atoms with E-state index in [1.54, 1.807) is 14.1 Å². The largest absolute Gasteiger partial charge is 0.341 e. The third kappa shape index (κ3) is 5.66. The maximum atomic E-state index is 12.3. The van der Waals surface area contributed by atoms with E-state index in [1.165, 1.54) is 11.3 Å². The number of urea groups is 1. The van der Waals surface area contributed by atoms with Gasteiger partial charge in [0.1, 0.15) is 0 Å². The van der Waals surface area contributed by atoms with Crippen molar-refractivity contribution in [2.75, 3.05) is 73.5 Å². The molecule has 2 aliphatic heterocycles. The van der Waals surface area contributed by atoms with E-state index in [1.807, 2.05) is 4.90 Å². The number of nitrogens with one attached hydrogen (secondary N) is 1. The summed E-state index contributed by atoms with van der Waals surface area (Å²) >= 11 is 0. The lowest BCUT2D eigenvalue weighted by molar-refractivity contribution is -0.132. The topological polar surface area (TPSA) is 59.1 Å². The van der Waals surface area contributed by atoms with E-state index < -0.39 is 0 Å². The van der Waals surface area contributed by atoms with Gasteiger partial charge < -0.3 is 24.9 Å². The second kappa shape index (κ2) is 8.49. The molecule has 2 fully saturated rings. The molecule has 0 aromatic carbocycles. The van der Waals surface area contributed by atoms with Gasteiger partial charge in [0, 0.05) is 59.9 Å². The lowest BCUT2D eigenvalue weighted by Crippen LogP contribution is -2.50. The molecule has 7 nitrogen and oxygen atoms in total. The van der Waals surface area contributed by atoms with E-state index in [2.05, 4.69) is 22.2 Å². The first-order chi connectivity index (χ1) is 11.0. The van der Waals surface area contributed by atoms with Crippen molar-refractivity contribution in [3.8, 4) is 0 Å². The molecule has 1 N–H and O–H groups in total. The van der Waals surface area contributed by atoms with Gasteiger partial charge >= 0.3 is 6.03 Å². The Hall–Kier alpha value is -1.34. The van der Waals surface area contributed by atoms with Crippen LogP contribution in [0.15, 0.2) is 0 Å². The van der Waals surface area contributed by atoms with Crippen LogP contribution in [0.25, 0.3) is 0 Å². The molecule has 1 atom stereocenters. The minimum Gasteiger partial charge on any atom is -0.341 e. The number of carbonyl (C=O) groups excluding carboxylic acids is 2. The SMILES string of the molecule is CN1CCN(CC2CCCN(C(=O)CNC(=O)N(C)C)C2)CC1. The third-order valence-electron chi connectivity index (χ3n) is 4.78. The van der Waals surface area contributed by atoms with Crippen molar-refractivity contribution in [2.45, 2.75) is 12.8 Å². The molecular formula is C16H31N5O2. The van der Waals surface area contributed by atoms with Crippen molar-refractivity contribution in [1.82, 2.24) is 24.9 Å². The van der Waals surface area contributed by atoms with Crippen LogP contribution in [0.4, 0.5) is 4.79 Å². The van der Waals surface area contributed by atoms with Crippen molar-refractivity contribution in [1.29, 1.82) is 0 Å². The van der Waals surface area contributed by atoms with Crippen molar-refractivity contribution >= 4 is 11.9 Å². The monoisotopic (exact) mass is 325 g/mol. The van der Waals surface area contributed by atoms with Crippen LogP contribution >= 0.6 is 0 Å². The molecule has 0 bridgehead atoms. The fourth-order valence-corrected chi connectivity index (χ4v) is 3.26. The number of hydrogen-bond acceptors (Lipinski definition) is 4. The van der Waals surface area contributed by atoms with Crippen LogP contribution in [0.3, 0.4) is 0 Å². The Kier molecular flexibility index (Phi) is 6.65. The Bertz CT molecular complexity index is 407. The number of piperazine rings is 1. The molecule has 0 aromatic heterocycles. The highest BCUT2D eigenvalue weighted by atomic mass is 16.2. The van der Waals surface area contributed by atoms with Gasteiger partial charge in [-0.25, -0.2) is 4.79 Å². The molecule has 2 aliphatic rings. The number of nitrogens with zero attached hydrogens (tertiary/aromatic N) is 4. The van der Waals surface area contributed by atoms with E-state index >= 15 is 0 Å². The van der Waals surface area contributed by atoms with Crippen LogP contribution in [-0.4, -0.2) is 105 Å². The number of carbonyl (C=O) groups is 2. The average molecular weight is 325 g/mol. The number of piperidine rings is 1. The molecule has 3 amide bonds. The predicted molar refractivity (Wildman–Crippen MR) is 90.3 cm³/mol. The minimum absolute atomic E-state index is 0.0308. The van der Waals surface area contributed by atoms with Crippen LogP contribution in [0.1, 0.15) is 12.8 Å². The van der Waals surface area contributed by atoms with Gasteiger partial charge in [-0.15, -0.1) is 0 Å². The van der Waals surface area contributed by atoms with Gasteiger partial charge in [0.05, 0.1) is 6.54 Å². The van der Waals surface area contributed by atoms with Crippen LogP contribution in [0.5, 0.6) is 0 Å². The summed E-state index contributed by atoms with van der Waals surface area (Å²) in [4.78, 5) is 32.0. The molecule has 0 aromatic rings. The van der Waals surface area contributed by atoms with Gasteiger partial charge in [0.15, 0.2) is 0 Å². The smallest absolute Gasteiger partial charge is 0.317 e. The number of rotatable bonds is 4. The normalized spacial score (nSPS) is 23.6. The van der Waals surface area contributed by atoms with Crippen molar-refractivity contribution < 1.29 is 9.59 Å². The quantitative estimate of drug-likeness (QED) is 0.774. The molecule has 23 heavy (non-hydrogen) atoms. The molecule has 2 heterocycles. The summed E-state index contributed by atoms with van der Waals surface area (Å²) in [6.45, 7) is 7.33. The van der Waals surface area contributed by atoms with Gasteiger partial charge in [0.25, 0.3) is 0 Å². The van der Waals surface area contributed by atoms with E-state index in [4.69, 9.17) is 0 Å². The van der Waals surface area contributed by atoms with Crippen LogP contribution in [0.2, 0.25) is 0 Å². The molecule has 0 spiro atoms. The Labute approximate surface area is 139 Å². The van der Waals surface area contributed by atoms with Crippen molar-refractivity contribution in [2.24, 2.45) is 5.92 Å². The average Bonchev–Trinajstić information content (AvgIpc) is 2.54. The highest BCUT2D eigenvalue weighted by Crippen LogP contribution is 2.18. The molecule has 132 valence electrons. The zero-order valence-corrected chi connectivity index (χ0v) is 14.8. The summed E-state index contributed by atoms with van der Waals surface area (Å²) in [6, 6.07) is -0.218. The first kappa shape index (κ1) is 18.0. The van der Waals surface area contributed by atoms with Crippen LogP contribution < -0.4 is 5.32 Å². The Morgan fingerprint density at radius 1 is 1.13 bits per heavy atom. The van der Waals surface area contributed by atoms with Gasteiger partial charge in [-0.05, 0) is 25.8 Å². The first-order valence-electron chi connectivity index (χ1n) is 8.59. The lowest BCUT2D eigenvalue weighted by atomic mass is 9.97. The fraction of sp³-hybridized carbons (Fsp3) is 0.875. The lowest BCUT2D eigenvalue weighted by Gasteiger charge is -2.38. The molecule has 0 radical (unpaired) electrons. The Balaban J connectivity index is 1.74. The number of amides is 3. The fourth-order valence-electron chi connectivity index (χ4n) is 3.26. The van der Waals surface area contributed by atoms with Gasteiger partial charge in [0.2, 0.25) is 5.91 Å². The van der Waals surface area contributed by atoms with Gasteiger partial charge in [-0.3, -0.25) is 4.79 Å². The highest BCUT2D eigenvalue weighted by Gasteiger charge is 2.26. The minimum atomic E-state index is -0.218. The molecular weight excluding hydrogens is 294 g/mol. The highest BCUT2D eigenvalue weighted by molar-refractivity contribution is 5.83. The Morgan fingerprint density at radius 3 is 2.48 bits per heavy atom. The number of likely N-dealkylation sites (tertiary alicyclic amines) is 1. The molecule has 7 heteroatoms. The molecule has 0 aliphatic carbocycles. The summed E-state index contributed by atoms with van der Waals surface area (Å²) in [6.07, 6.45) is 2.26. The van der Waals surface area contributed by atoms with Crippen molar-refractivity contribution in [3.05, 3.63) is 0 Å². The van der Waals surface area contributed by atoms with Crippen LogP contribution in [0, 0.1) is 5.92 Å². The van der Waals surface area contributed by atoms with E-state index in [0.29, 0.717) is 5.92 Å². The molecule has 1 unspecified atom stereocenters. The second-order valence-corrected chi connectivity index (χ2v) is 7.01. The van der Waals surface area contributed by atoms with Gasteiger partial charge in [-0.2, -0.15) is 0 Å². The van der Waals surface area contributed by atoms with E-state index in [9.17, 15) is 9.59 Å². The summed E-state index contributed by atoms with van der Waals surface area (Å²) in [5.74, 6) is 0.587. The molecule has 2 saturated heterocycles. The van der Waals surface area contributed by atoms with E-state index in [-0.39, 0.29) is 18.5 Å². The summed E-state index contributed by atoms with van der Waals surface area (Å²) in [5, 5.41) is 2.66. The van der Waals surface area contributed by atoms with Crippen molar-refractivity contribution in [3.63, 3.8) is 0 Å².